The van der Waals surface area contributed by atoms with E-state index in [0.717, 1.165) is 11.0 Å². The number of nitriles is 1. The Morgan fingerprint density at radius 1 is 1.46 bits per heavy atom. The number of rotatable bonds is 1. The molecule has 0 amide bonds. The lowest BCUT2D eigenvalue weighted by Crippen LogP contribution is -1.75. The Kier molecular flexibility index (Phi) is 1.77. The highest BCUT2D eigenvalue weighted by molar-refractivity contribution is 5.80. The summed E-state index contributed by atoms with van der Waals surface area (Å²) in [6, 6.07) is 7.32. The Balaban J connectivity index is 2.49. The molecule has 0 fully saturated rings. The number of aliphatic imine (C=N–C) groups is 1. The number of hydrogen-bond acceptors (Lipinski definition) is 3. The first-order chi connectivity index (χ1) is 6.40. The fourth-order valence-corrected chi connectivity index (χ4v) is 1.09. The number of nitrogens with zero attached hydrogens (tertiary/aromatic N) is 3. The second-order valence-electron chi connectivity index (χ2n) is 2.47. The van der Waals surface area contributed by atoms with Gasteiger partial charge in [-0.25, -0.2) is 9.98 Å². The van der Waals surface area contributed by atoms with Gasteiger partial charge in [0.15, 0.2) is 5.82 Å². The highest BCUT2D eigenvalue weighted by Gasteiger charge is 1.95. The third-order valence-electron chi connectivity index (χ3n) is 1.64. The number of H-pyrrole nitrogens is 1. The van der Waals surface area contributed by atoms with Gasteiger partial charge in [0.05, 0.1) is 11.0 Å². The predicted octanol–water partition coefficient (Wildman–Crippen LogP) is 1.79. The third kappa shape index (κ3) is 1.40. The average Bonchev–Trinajstić information content (AvgIpc) is 2.61. The van der Waals surface area contributed by atoms with E-state index in [1.807, 2.05) is 24.4 Å². The molecular weight excluding hydrogens is 164 g/mol. The zero-order valence-corrected chi connectivity index (χ0v) is 6.73. The van der Waals surface area contributed by atoms with Crippen LogP contribution in [0, 0.1) is 11.3 Å². The van der Waals surface area contributed by atoms with Crippen molar-refractivity contribution in [1.82, 2.24) is 9.97 Å². The molecule has 0 aliphatic heterocycles. The van der Waals surface area contributed by atoms with Crippen LogP contribution in [0.2, 0.25) is 0 Å². The third-order valence-corrected chi connectivity index (χ3v) is 1.64. The molecule has 1 N–H and O–H groups in total. The molecule has 0 saturated heterocycles. The Morgan fingerprint density at radius 2 is 2.38 bits per heavy atom. The fourth-order valence-electron chi connectivity index (χ4n) is 1.09. The van der Waals surface area contributed by atoms with Crippen LogP contribution in [0.3, 0.4) is 0 Å². The SMILES string of the molecule is N#CC=Nc1ccc2[nH]ccc2n1. The zero-order chi connectivity index (χ0) is 9.10. The molecule has 13 heavy (non-hydrogen) atoms. The van der Waals surface area contributed by atoms with Gasteiger partial charge >= 0.3 is 0 Å². The minimum Gasteiger partial charge on any atom is -0.360 e. The van der Waals surface area contributed by atoms with E-state index in [1.54, 1.807) is 6.07 Å². The Bertz CT molecular complexity index is 490. The highest BCUT2D eigenvalue weighted by atomic mass is 14.9. The van der Waals surface area contributed by atoms with Crippen molar-refractivity contribution in [3.63, 3.8) is 0 Å². The normalized spacial score (nSPS) is 10.7. The van der Waals surface area contributed by atoms with Gasteiger partial charge in [0.1, 0.15) is 12.3 Å². The summed E-state index contributed by atoms with van der Waals surface area (Å²) in [5, 5.41) is 8.27. The molecule has 4 heteroatoms. The monoisotopic (exact) mass is 170 g/mol. The summed E-state index contributed by atoms with van der Waals surface area (Å²) in [6.07, 6.45) is 2.98. The molecule has 62 valence electrons. The van der Waals surface area contributed by atoms with Crippen molar-refractivity contribution < 1.29 is 0 Å². The lowest BCUT2D eigenvalue weighted by Gasteiger charge is -1.91. The number of aromatic nitrogens is 2. The van der Waals surface area contributed by atoms with Crippen molar-refractivity contribution in [3.05, 3.63) is 24.4 Å². The number of aromatic amines is 1. The van der Waals surface area contributed by atoms with Gasteiger partial charge in [0.2, 0.25) is 0 Å². The van der Waals surface area contributed by atoms with Gasteiger partial charge in [-0.15, -0.1) is 0 Å². The Hall–Kier alpha value is -2.15. The maximum absolute atomic E-state index is 8.27. The van der Waals surface area contributed by atoms with Crippen LogP contribution < -0.4 is 0 Å². The topological polar surface area (TPSA) is 64.8 Å². The molecule has 0 bridgehead atoms. The van der Waals surface area contributed by atoms with E-state index < -0.39 is 0 Å². The molecule has 0 aromatic carbocycles. The van der Waals surface area contributed by atoms with Crippen molar-refractivity contribution in [1.29, 1.82) is 5.26 Å². The molecular formula is C9H6N4. The van der Waals surface area contributed by atoms with E-state index >= 15 is 0 Å². The largest absolute Gasteiger partial charge is 0.360 e. The zero-order valence-electron chi connectivity index (χ0n) is 6.73. The average molecular weight is 170 g/mol. The number of fused-ring (bicyclic) bond motifs is 1. The summed E-state index contributed by atoms with van der Waals surface area (Å²) >= 11 is 0. The lowest BCUT2D eigenvalue weighted by atomic mass is 10.4. The van der Waals surface area contributed by atoms with Crippen molar-refractivity contribution in [2.75, 3.05) is 0 Å². The first-order valence-electron chi connectivity index (χ1n) is 3.76. The molecule has 2 heterocycles. The molecule has 0 saturated carbocycles. The van der Waals surface area contributed by atoms with Crippen molar-refractivity contribution in [2.45, 2.75) is 0 Å². The van der Waals surface area contributed by atoms with Crippen LogP contribution in [0.25, 0.3) is 11.0 Å². The van der Waals surface area contributed by atoms with Gasteiger partial charge in [0.25, 0.3) is 0 Å². The summed E-state index contributed by atoms with van der Waals surface area (Å²) in [7, 11) is 0. The van der Waals surface area contributed by atoms with Crippen LogP contribution >= 0.6 is 0 Å². The molecule has 0 aliphatic rings. The van der Waals surface area contributed by atoms with E-state index in [9.17, 15) is 0 Å². The van der Waals surface area contributed by atoms with Crippen molar-refractivity contribution in [2.24, 2.45) is 4.99 Å². The van der Waals surface area contributed by atoms with Crippen LogP contribution in [-0.2, 0) is 0 Å². The van der Waals surface area contributed by atoms with Crippen LogP contribution in [0.5, 0.6) is 0 Å². The minimum absolute atomic E-state index is 0.550. The van der Waals surface area contributed by atoms with Gasteiger partial charge in [-0.05, 0) is 18.2 Å². The Labute approximate surface area is 74.6 Å². The highest BCUT2D eigenvalue weighted by Crippen LogP contribution is 2.14. The quantitative estimate of drug-likeness (QED) is 0.663. The molecule has 2 rings (SSSR count). The molecule has 0 radical (unpaired) electrons. The second kappa shape index (κ2) is 3.07. The first kappa shape index (κ1) is 7.50. The minimum atomic E-state index is 0.550. The van der Waals surface area contributed by atoms with Gasteiger partial charge in [-0.2, -0.15) is 5.26 Å². The van der Waals surface area contributed by atoms with E-state index in [4.69, 9.17) is 5.26 Å². The molecule has 2 aromatic heterocycles. The summed E-state index contributed by atoms with van der Waals surface area (Å²) in [5.41, 5.74) is 1.82. The molecule has 0 atom stereocenters. The smallest absolute Gasteiger partial charge is 0.153 e. The summed E-state index contributed by atoms with van der Waals surface area (Å²) < 4.78 is 0. The standard InChI is InChI=1S/C9H6N4/c10-4-6-12-9-2-1-7-8(13-9)3-5-11-7/h1-3,5-6,11H. The van der Waals surface area contributed by atoms with Crippen molar-refractivity contribution in [3.8, 4) is 6.07 Å². The molecule has 0 unspecified atom stereocenters. The molecule has 4 nitrogen and oxygen atoms in total. The first-order valence-corrected chi connectivity index (χ1v) is 3.76. The number of nitrogens with one attached hydrogen (secondary N) is 1. The van der Waals surface area contributed by atoms with E-state index in [2.05, 4.69) is 15.0 Å². The Morgan fingerprint density at radius 3 is 3.23 bits per heavy atom. The maximum Gasteiger partial charge on any atom is 0.153 e. The summed E-state index contributed by atoms with van der Waals surface area (Å²) in [4.78, 5) is 11.1. The number of hydrogen-bond donors (Lipinski definition) is 1. The van der Waals surface area contributed by atoms with E-state index in [1.165, 1.54) is 6.21 Å². The summed E-state index contributed by atoms with van der Waals surface area (Å²) in [5.74, 6) is 0.550. The van der Waals surface area contributed by atoms with Crippen LogP contribution in [-0.4, -0.2) is 16.2 Å². The molecule has 0 aliphatic carbocycles. The lowest BCUT2D eigenvalue weighted by molar-refractivity contribution is 1.34. The van der Waals surface area contributed by atoms with E-state index in [-0.39, 0.29) is 0 Å². The predicted molar refractivity (Wildman–Crippen MR) is 49.9 cm³/mol. The van der Waals surface area contributed by atoms with Gasteiger partial charge in [-0.1, -0.05) is 0 Å². The fraction of sp³-hybridized carbons (Fsp3) is 0. The molecule has 2 aromatic rings. The van der Waals surface area contributed by atoms with Gasteiger partial charge in [-0.3, -0.25) is 0 Å². The van der Waals surface area contributed by atoms with Gasteiger partial charge < -0.3 is 4.98 Å². The van der Waals surface area contributed by atoms with Gasteiger partial charge in [0, 0.05) is 6.20 Å². The van der Waals surface area contributed by atoms with Crippen LogP contribution in [0.1, 0.15) is 0 Å². The van der Waals surface area contributed by atoms with Crippen LogP contribution in [0.4, 0.5) is 5.82 Å². The van der Waals surface area contributed by atoms with Crippen molar-refractivity contribution >= 4 is 23.1 Å². The van der Waals surface area contributed by atoms with Crippen LogP contribution in [0.15, 0.2) is 29.4 Å². The summed E-state index contributed by atoms with van der Waals surface area (Å²) in [6.45, 7) is 0. The maximum atomic E-state index is 8.27. The van der Waals surface area contributed by atoms with E-state index in [0.29, 0.717) is 5.82 Å². The molecule has 0 spiro atoms. The second-order valence-corrected chi connectivity index (χ2v) is 2.47. The number of pyridine rings is 1.